The highest BCUT2D eigenvalue weighted by atomic mass is 16.5. The van der Waals surface area contributed by atoms with Crippen molar-refractivity contribution in [3.8, 4) is 0 Å². The van der Waals surface area contributed by atoms with E-state index in [4.69, 9.17) is 14.6 Å². The molecule has 114 valence electrons. The van der Waals surface area contributed by atoms with Crippen LogP contribution in [0.15, 0.2) is 4.99 Å². The molecular formula is C13H29N3O3. The van der Waals surface area contributed by atoms with E-state index in [1.54, 1.807) is 0 Å². The fourth-order valence-electron chi connectivity index (χ4n) is 1.31. The van der Waals surface area contributed by atoms with E-state index in [2.05, 4.69) is 22.5 Å². The van der Waals surface area contributed by atoms with Gasteiger partial charge in [-0.1, -0.05) is 13.3 Å². The van der Waals surface area contributed by atoms with Gasteiger partial charge in [-0.2, -0.15) is 0 Å². The maximum atomic E-state index is 8.71. The van der Waals surface area contributed by atoms with E-state index in [-0.39, 0.29) is 6.61 Å². The lowest BCUT2D eigenvalue weighted by molar-refractivity contribution is 0.0487. The van der Waals surface area contributed by atoms with Crippen LogP contribution in [0.4, 0.5) is 0 Å². The number of nitrogens with zero attached hydrogens (tertiary/aromatic N) is 1. The number of nitrogens with one attached hydrogen (secondary N) is 2. The van der Waals surface area contributed by atoms with Gasteiger partial charge in [0.1, 0.15) is 0 Å². The summed E-state index contributed by atoms with van der Waals surface area (Å²) in [6.07, 6.45) is 2.26. The average Bonchev–Trinajstić information content (AvgIpc) is 2.42. The van der Waals surface area contributed by atoms with Gasteiger partial charge in [0.2, 0.25) is 0 Å². The molecular weight excluding hydrogens is 246 g/mol. The fraction of sp³-hybridized carbons (Fsp3) is 0.923. The van der Waals surface area contributed by atoms with Crippen LogP contribution in [0.25, 0.3) is 0 Å². The van der Waals surface area contributed by atoms with E-state index in [9.17, 15) is 0 Å². The topological polar surface area (TPSA) is 75.1 Å². The van der Waals surface area contributed by atoms with Gasteiger partial charge in [-0.3, -0.25) is 4.99 Å². The van der Waals surface area contributed by atoms with Crippen molar-refractivity contribution in [2.45, 2.75) is 26.7 Å². The Morgan fingerprint density at radius 1 is 1.05 bits per heavy atom. The number of aliphatic imine (C=N–C) groups is 1. The highest BCUT2D eigenvalue weighted by Crippen LogP contribution is 1.87. The highest BCUT2D eigenvalue weighted by molar-refractivity contribution is 5.79. The lowest BCUT2D eigenvalue weighted by Gasteiger charge is -2.11. The summed E-state index contributed by atoms with van der Waals surface area (Å²) < 4.78 is 10.8. The van der Waals surface area contributed by atoms with Crippen molar-refractivity contribution in [2.24, 2.45) is 4.99 Å². The number of aliphatic hydroxyl groups is 1. The number of ether oxygens (including phenoxy) is 2. The lowest BCUT2D eigenvalue weighted by Crippen LogP contribution is -2.39. The van der Waals surface area contributed by atoms with Gasteiger partial charge < -0.3 is 25.2 Å². The van der Waals surface area contributed by atoms with Crippen LogP contribution in [-0.4, -0.2) is 63.7 Å². The van der Waals surface area contributed by atoms with Gasteiger partial charge in [0.15, 0.2) is 5.96 Å². The first-order valence-electron chi connectivity index (χ1n) is 7.13. The van der Waals surface area contributed by atoms with Crippen molar-refractivity contribution in [1.82, 2.24) is 10.6 Å². The Kier molecular flexibility index (Phi) is 14.5. The van der Waals surface area contributed by atoms with Gasteiger partial charge >= 0.3 is 0 Å². The van der Waals surface area contributed by atoms with Crippen LogP contribution in [-0.2, 0) is 9.47 Å². The third kappa shape index (κ3) is 13.4. The van der Waals surface area contributed by atoms with Crippen LogP contribution in [0.2, 0.25) is 0 Å². The number of aliphatic hydroxyl groups excluding tert-OH is 1. The zero-order valence-corrected chi connectivity index (χ0v) is 12.3. The van der Waals surface area contributed by atoms with E-state index in [1.807, 2.05) is 6.92 Å². The highest BCUT2D eigenvalue weighted by Gasteiger charge is 1.96. The van der Waals surface area contributed by atoms with E-state index < -0.39 is 0 Å². The fourth-order valence-corrected chi connectivity index (χ4v) is 1.31. The van der Waals surface area contributed by atoms with E-state index >= 15 is 0 Å². The summed E-state index contributed by atoms with van der Waals surface area (Å²) in [7, 11) is 0. The molecule has 0 saturated heterocycles. The van der Waals surface area contributed by atoms with Crippen LogP contribution in [0.3, 0.4) is 0 Å². The predicted molar refractivity (Wildman–Crippen MR) is 77.6 cm³/mol. The summed E-state index contributed by atoms with van der Waals surface area (Å²) in [5, 5.41) is 14.9. The van der Waals surface area contributed by atoms with Crippen LogP contribution < -0.4 is 10.6 Å². The Bertz CT molecular complexity index is 213. The largest absolute Gasteiger partial charge is 0.394 e. The van der Waals surface area contributed by atoms with Gasteiger partial charge in [0, 0.05) is 19.7 Å². The zero-order chi connectivity index (χ0) is 14.2. The Balaban J connectivity index is 3.39. The normalized spacial score (nSPS) is 11.6. The molecule has 0 aromatic carbocycles. The molecule has 0 unspecified atom stereocenters. The molecule has 0 atom stereocenters. The van der Waals surface area contributed by atoms with Crippen LogP contribution in [0, 0.1) is 0 Å². The average molecular weight is 275 g/mol. The number of unbranched alkanes of at least 4 members (excludes halogenated alkanes) is 1. The Morgan fingerprint density at radius 2 is 1.79 bits per heavy atom. The van der Waals surface area contributed by atoms with Crippen molar-refractivity contribution in [3.63, 3.8) is 0 Å². The molecule has 19 heavy (non-hydrogen) atoms. The smallest absolute Gasteiger partial charge is 0.191 e. The number of hydrogen-bond donors (Lipinski definition) is 3. The standard InChI is InChI=1S/C13H29N3O3/c1-3-5-9-18-11-12-19-10-7-16-13(14-4-2)15-6-8-17/h17H,3-12H2,1-2H3,(H2,14,15,16). The first-order valence-corrected chi connectivity index (χ1v) is 7.13. The van der Waals surface area contributed by atoms with Crippen molar-refractivity contribution in [1.29, 1.82) is 0 Å². The Morgan fingerprint density at radius 3 is 2.42 bits per heavy atom. The predicted octanol–water partition coefficient (Wildman–Crippen LogP) is 0.367. The number of hydrogen-bond acceptors (Lipinski definition) is 4. The third-order valence-corrected chi connectivity index (χ3v) is 2.27. The molecule has 0 radical (unpaired) electrons. The molecule has 0 fully saturated rings. The minimum atomic E-state index is 0.0577. The first kappa shape index (κ1) is 18.1. The van der Waals surface area contributed by atoms with E-state index in [0.29, 0.717) is 38.9 Å². The molecule has 0 aliphatic heterocycles. The molecule has 0 saturated carbocycles. The molecule has 0 rings (SSSR count). The molecule has 0 spiro atoms. The van der Waals surface area contributed by atoms with Crippen molar-refractivity contribution < 1.29 is 14.6 Å². The third-order valence-electron chi connectivity index (χ3n) is 2.27. The second-order valence-corrected chi connectivity index (χ2v) is 3.99. The summed E-state index contributed by atoms with van der Waals surface area (Å²) in [5.41, 5.74) is 0. The molecule has 0 aliphatic carbocycles. The molecule has 0 aromatic rings. The molecule has 0 aromatic heterocycles. The van der Waals surface area contributed by atoms with Crippen molar-refractivity contribution in [3.05, 3.63) is 0 Å². The van der Waals surface area contributed by atoms with Gasteiger partial charge in [-0.05, 0) is 13.3 Å². The van der Waals surface area contributed by atoms with E-state index in [1.165, 1.54) is 0 Å². The first-order chi connectivity index (χ1) is 9.35. The second-order valence-electron chi connectivity index (χ2n) is 3.99. The van der Waals surface area contributed by atoms with Crippen LogP contribution >= 0.6 is 0 Å². The maximum Gasteiger partial charge on any atom is 0.191 e. The zero-order valence-electron chi connectivity index (χ0n) is 12.3. The van der Waals surface area contributed by atoms with Crippen molar-refractivity contribution in [2.75, 3.05) is 52.7 Å². The summed E-state index contributed by atoms with van der Waals surface area (Å²) >= 11 is 0. The minimum Gasteiger partial charge on any atom is -0.394 e. The molecule has 0 aliphatic rings. The summed E-state index contributed by atoms with van der Waals surface area (Å²) in [5.74, 6) is 0.708. The van der Waals surface area contributed by atoms with Gasteiger partial charge in [-0.25, -0.2) is 0 Å². The summed E-state index contributed by atoms with van der Waals surface area (Å²) in [6.45, 7) is 8.79. The monoisotopic (exact) mass is 275 g/mol. The van der Waals surface area contributed by atoms with Gasteiger partial charge in [-0.15, -0.1) is 0 Å². The summed E-state index contributed by atoms with van der Waals surface area (Å²) in [4.78, 5) is 4.16. The number of rotatable bonds is 12. The van der Waals surface area contributed by atoms with Gasteiger partial charge in [0.05, 0.1) is 33.0 Å². The van der Waals surface area contributed by atoms with Crippen LogP contribution in [0.5, 0.6) is 0 Å². The molecule has 6 nitrogen and oxygen atoms in total. The van der Waals surface area contributed by atoms with Crippen molar-refractivity contribution >= 4 is 5.96 Å². The molecule has 3 N–H and O–H groups in total. The molecule has 0 heterocycles. The Hall–Kier alpha value is -0.850. The minimum absolute atomic E-state index is 0.0577. The maximum absolute atomic E-state index is 8.71. The molecule has 0 amide bonds. The van der Waals surface area contributed by atoms with Gasteiger partial charge in [0.25, 0.3) is 0 Å². The SMILES string of the molecule is CCCCOCCOCCNC(=NCCO)NCC. The summed E-state index contributed by atoms with van der Waals surface area (Å²) in [6, 6.07) is 0. The second kappa shape index (κ2) is 15.2. The Labute approximate surface area is 116 Å². The number of guanidine groups is 1. The van der Waals surface area contributed by atoms with E-state index in [0.717, 1.165) is 26.0 Å². The molecule has 0 bridgehead atoms. The van der Waals surface area contributed by atoms with Crippen LogP contribution in [0.1, 0.15) is 26.7 Å². The lowest BCUT2D eigenvalue weighted by atomic mass is 10.4. The quantitative estimate of drug-likeness (QED) is 0.272. The molecule has 6 heteroatoms.